The van der Waals surface area contributed by atoms with Crippen LogP contribution in [0.2, 0.25) is 0 Å². The third-order valence-electron chi connectivity index (χ3n) is 5.52. The molecule has 0 unspecified atom stereocenters. The molecule has 3 heterocycles. The highest BCUT2D eigenvalue weighted by Gasteiger charge is 2.38. The van der Waals surface area contributed by atoms with Crippen molar-refractivity contribution in [3.8, 4) is 16.9 Å². The summed E-state index contributed by atoms with van der Waals surface area (Å²) >= 11 is 6.95. The molecule has 0 radical (unpaired) electrons. The topological polar surface area (TPSA) is 51.0 Å². The lowest BCUT2D eigenvalue weighted by atomic mass is 10.1. The molecule has 3 aromatic rings. The van der Waals surface area contributed by atoms with Crippen LogP contribution in [0.3, 0.4) is 0 Å². The number of thioether (sulfide) groups is 1. The van der Waals surface area contributed by atoms with Crippen molar-refractivity contribution in [3.63, 3.8) is 0 Å². The summed E-state index contributed by atoms with van der Waals surface area (Å²) in [7, 11) is 0. The van der Waals surface area contributed by atoms with E-state index in [-0.39, 0.29) is 11.9 Å². The average molecular weight is 433 g/mol. The number of carbonyl (C=O) groups is 1. The fourth-order valence-corrected chi connectivity index (χ4v) is 5.43. The highest BCUT2D eigenvalue weighted by Crippen LogP contribution is 2.38. The zero-order valence-corrected chi connectivity index (χ0v) is 17.9. The van der Waals surface area contributed by atoms with Gasteiger partial charge in [0.15, 0.2) is 0 Å². The van der Waals surface area contributed by atoms with E-state index < -0.39 is 0 Å². The fraction of sp³-hybridized carbons (Fsp3) is 0.217. The zero-order chi connectivity index (χ0) is 20.5. The number of nitrogens with zero attached hydrogens (tertiary/aromatic N) is 4. The Morgan fingerprint density at radius 1 is 1.07 bits per heavy atom. The minimum Gasteiger partial charge on any atom is -0.290 e. The molecular weight excluding hydrogens is 412 g/mol. The van der Waals surface area contributed by atoms with Gasteiger partial charge in [-0.25, -0.2) is 4.68 Å². The first-order valence-electron chi connectivity index (χ1n) is 10.0. The Balaban J connectivity index is 1.56. The third kappa shape index (κ3) is 3.59. The van der Waals surface area contributed by atoms with Crippen molar-refractivity contribution in [1.82, 2.24) is 19.7 Å². The Morgan fingerprint density at radius 3 is 2.53 bits per heavy atom. The van der Waals surface area contributed by atoms with Gasteiger partial charge in [-0.3, -0.25) is 14.7 Å². The number of hydrogen-bond donors (Lipinski definition) is 0. The van der Waals surface area contributed by atoms with E-state index in [1.165, 1.54) is 11.8 Å². The Labute approximate surface area is 184 Å². The van der Waals surface area contributed by atoms with Crippen molar-refractivity contribution in [2.75, 3.05) is 0 Å². The molecule has 0 bridgehead atoms. The van der Waals surface area contributed by atoms with Gasteiger partial charge in [-0.15, -0.1) is 0 Å². The van der Waals surface area contributed by atoms with Crippen LogP contribution in [-0.4, -0.2) is 35.9 Å². The van der Waals surface area contributed by atoms with Crippen LogP contribution >= 0.6 is 24.0 Å². The summed E-state index contributed by atoms with van der Waals surface area (Å²) in [6.45, 7) is 0. The monoisotopic (exact) mass is 432 g/mol. The molecule has 1 aromatic carbocycles. The molecule has 150 valence electrons. The Morgan fingerprint density at radius 2 is 1.80 bits per heavy atom. The Bertz CT molecular complexity index is 1120. The number of aromatic nitrogens is 3. The van der Waals surface area contributed by atoms with Crippen LogP contribution in [-0.2, 0) is 4.79 Å². The van der Waals surface area contributed by atoms with Crippen molar-refractivity contribution in [1.29, 1.82) is 0 Å². The summed E-state index contributed by atoms with van der Waals surface area (Å²) in [5, 5.41) is 4.81. The van der Waals surface area contributed by atoms with Crippen molar-refractivity contribution >= 4 is 40.3 Å². The molecular formula is C23H20N4OS2. The van der Waals surface area contributed by atoms with Crippen molar-refractivity contribution in [2.45, 2.75) is 31.7 Å². The molecule has 2 aromatic heterocycles. The molecule has 1 saturated carbocycles. The SMILES string of the molecule is O=C1C(=Cc2cn(-c3ccccc3)nc2-c2ccncc2)SC(=S)N1C1CCCC1. The van der Waals surface area contributed by atoms with E-state index in [1.54, 1.807) is 12.4 Å². The molecule has 1 aliphatic heterocycles. The molecule has 7 heteroatoms. The molecule has 1 aliphatic carbocycles. The van der Waals surface area contributed by atoms with E-state index in [2.05, 4.69) is 4.98 Å². The van der Waals surface area contributed by atoms with Crippen LogP contribution < -0.4 is 0 Å². The van der Waals surface area contributed by atoms with E-state index in [4.69, 9.17) is 17.3 Å². The maximum Gasteiger partial charge on any atom is 0.266 e. The normalized spacial score (nSPS) is 18.7. The molecule has 5 nitrogen and oxygen atoms in total. The van der Waals surface area contributed by atoms with Crippen molar-refractivity contribution in [2.24, 2.45) is 0 Å². The van der Waals surface area contributed by atoms with Crippen molar-refractivity contribution < 1.29 is 4.79 Å². The maximum absolute atomic E-state index is 13.1. The minimum absolute atomic E-state index is 0.0186. The fourth-order valence-electron chi connectivity index (χ4n) is 4.04. The van der Waals surface area contributed by atoms with Crippen molar-refractivity contribution in [3.05, 3.63) is 71.5 Å². The predicted octanol–water partition coefficient (Wildman–Crippen LogP) is 5.08. The van der Waals surface area contributed by atoms with Crippen LogP contribution in [0.5, 0.6) is 0 Å². The first-order chi connectivity index (χ1) is 14.7. The molecule has 1 amide bonds. The number of thiocarbonyl (C=S) groups is 1. The van der Waals surface area contributed by atoms with Gasteiger partial charge < -0.3 is 0 Å². The summed E-state index contributed by atoms with van der Waals surface area (Å²) < 4.78 is 2.51. The van der Waals surface area contributed by atoms with Gasteiger partial charge in [-0.1, -0.05) is 55.0 Å². The number of amides is 1. The van der Waals surface area contributed by atoms with Gasteiger partial charge in [-0.05, 0) is 43.2 Å². The minimum atomic E-state index is 0.0186. The molecule has 0 spiro atoms. The first-order valence-corrected chi connectivity index (χ1v) is 11.3. The average Bonchev–Trinajstić information content (AvgIpc) is 3.50. The van der Waals surface area contributed by atoms with Crippen LogP contribution in [0.15, 0.2) is 66.0 Å². The molecule has 0 N–H and O–H groups in total. The summed E-state index contributed by atoms with van der Waals surface area (Å²) in [6.07, 6.45) is 11.8. The van der Waals surface area contributed by atoms with Gasteiger partial charge in [0.25, 0.3) is 5.91 Å². The van der Waals surface area contributed by atoms with E-state index in [9.17, 15) is 4.79 Å². The van der Waals surface area contributed by atoms with E-state index >= 15 is 0 Å². The van der Waals surface area contributed by atoms with Crippen LogP contribution in [0.1, 0.15) is 31.2 Å². The highest BCUT2D eigenvalue weighted by atomic mass is 32.2. The van der Waals surface area contributed by atoms with Crippen LogP contribution in [0.4, 0.5) is 0 Å². The Kier molecular flexibility index (Phi) is 5.23. The Hall–Kier alpha value is -2.77. The second kappa shape index (κ2) is 8.16. The van der Waals surface area contributed by atoms with Gasteiger partial charge in [0, 0.05) is 35.8 Å². The molecule has 2 fully saturated rings. The largest absolute Gasteiger partial charge is 0.290 e. The lowest BCUT2D eigenvalue weighted by Crippen LogP contribution is -2.36. The molecule has 0 atom stereocenters. The first kappa shape index (κ1) is 19.2. The molecule has 5 rings (SSSR count). The van der Waals surface area contributed by atoms with E-state index in [0.717, 1.165) is 48.2 Å². The van der Waals surface area contributed by atoms with Gasteiger partial charge >= 0.3 is 0 Å². The lowest BCUT2D eigenvalue weighted by Gasteiger charge is -2.21. The lowest BCUT2D eigenvalue weighted by molar-refractivity contribution is -0.123. The van der Waals surface area contributed by atoms with Gasteiger partial charge in [0.2, 0.25) is 0 Å². The number of carbonyl (C=O) groups excluding carboxylic acids is 1. The van der Waals surface area contributed by atoms with E-state index in [1.807, 2.05) is 64.3 Å². The second-order valence-electron chi connectivity index (χ2n) is 7.44. The standard InChI is InChI=1S/C23H20N4OS2/c28-22-20(30-23(29)27(22)19-8-4-5-9-19)14-17-15-26(18-6-2-1-3-7-18)25-21(17)16-10-12-24-13-11-16/h1-3,6-7,10-15,19H,4-5,8-9H2. The summed E-state index contributed by atoms with van der Waals surface area (Å²) in [4.78, 5) is 19.7. The number of para-hydroxylation sites is 1. The van der Waals surface area contributed by atoms with Crippen LogP contribution in [0.25, 0.3) is 23.0 Å². The van der Waals surface area contributed by atoms with Crippen LogP contribution in [0, 0.1) is 0 Å². The number of rotatable bonds is 4. The zero-order valence-electron chi connectivity index (χ0n) is 16.3. The number of pyridine rings is 1. The van der Waals surface area contributed by atoms with Gasteiger partial charge in [0.1, 0.15) is 10.0 Å². The number of hydrogen-bond acceptors (Lipinski definition) is 5. The van der Waals surface area contributed by atoms with Gasteiger partial charge in [0.05, 0.1) is 10.6 Å². The highest BCUT2D eigenvalue weighted by molar-refractivity contribution is 8.26. The summed E-state index contributed by atoms with van der Waals surface area (Å²) in [5.74, 6) is 0.0186. The predicted molar refractivity (Wildman–Crippen MR) is 124 cm³/mol. The molecule has 2 aliphatic rings. The van der Waals surface area contributed by atoms with Gasteiger partial charge in [-0.2, -0.15) is 5.10 Å². The second-order valence-corrected chi connectivity index (χ2v) is 9.11. The summed E-state index contributed by atoms with van der Waals surface area (Å²) in [5.41, 5.74) is 3.62. The molecule has 30 heavy (non-hydrogen) atoms. The smallest absolute Gasteiger partial charge is 0.266 e. The number of benzene rings is 1. The maximum atomic E-state index is 13.1. The summed E-state index contributed by atoms with van der Waals surface area (Å²) in [6, 6.07) is 14.1. The third-order valence-corrected chi connectivity index (χ3v) is 6.85. The van der Waals surface area contributed by atoms with E-state index in [0.29, 0.717) is 9.23 Å². The quantitative estimate of drug-likeness (QED) is 0.425. The molecule has 1 saturated heterocycles.